The summed E-state index contributed by atoms with van der Waals surface area (Å²) in [5.41, 5.74) is 8.35. The van der Waals surface area contributed by atoms with Gasteiger partial charge in [-0.25, -0.2) is 4.39 Å². The summed E-state index contributed by atoms with van der Waals surface area (Å²) in [7, 11) is 0. The van der Waals surface area contributed by atoms with E-state index in [0.717, 1.165) is 17.1 Å². The van der Waals surface area contributed by atoms with E-state index in [1.54, 1.807) is 12.1 Å². The smallest absolute Gasteiger partial charge is 0.143 e. The first-order valence-electron chi connectivity index (χ1n) is 7.34. The Bertz CT molecular complexity index is 646. The molecule has 0 fully saturated rings. The van der Waals surface area contributed by atoms with Gasteiger partial charge in [0, 0.05) is 18.0 Å². The zero-order valence-corrected chi connectivity index (χ0v) is 12.5. The molecule has 0 aliphatic carbocycles. The molecule has 1 atom stereocenters. The lowest BCUT2D eigenvalue weighted by Crippen LogP contribution is -2.40. The average Bonchev–Trinajstić information content (AvgIpc) is 2.53. The zero-order chi connectivity index (χ0) is 15.5. The maximum Gasteiger partial charge on any atom is 0.143 e. The van der Waals surface area contributed by atoms with Crippen molar-refractivity contribution in [1.29, 1.82) is 0 Å². The van der Waals surface area contributed by atoms with Crippen molar-refractivity contribution in [3.63, 3.8) is 0 Å². The molecule has 4 nitrogen and oxygen atoms in total. The fourth-order valence-corrected chi connectivity index (χ4v) is 2.57. The van der Waals surface area contributed by atoms with Gasteiger partial charge in [0.1, 0.15) is 17.7 Å². The van der Waals surface area contributed by atoms with Crippen LogP contribution in [0.4, 0.5) is 21.5 Å². The number of nitrogens with zero attached hydrogens (tertiary/aromatic N) is 1. The molecule has 2 aromatic rings. The fraction of sp³-hybridized carbons (Fsp3) is 0.294. The first-order chi connectivity index (χ1) is 10.7. The van der Waals surface area contributed by atoms with Crippen LogP contribution < -0.4 is 15.4 Å². The molecule has 116 valence electrons. The molecule has 0 saturated carbocycles. The van der Waals surface area contributed by atoms with Crippen LogP contribution in [0.2, 0.25) is 0 Å². The summed E-state index contributed by atoms with van der Waals surface area (Å²) in [6, 6.07) is 12.0. The summed E-state index contributed by atoms with van der Waals surface area (Å²) in [5.74, 6) is 0.505. The predicted octanol–water partition coefficient (Wildman–Crippen LogP) is 3.34. The number of ether oxygens (including phenoxy) is 2. The van der Waals surface area contributed by atoms with Gasteiger partial charge >= 0.3 is 0 Å². The van der Waals surface area contributed by atoms with Crippen molar-refractivity contribution in [2.45, 2.75) is 13.0 Å². The van der Waals surface area contributed by atoms with Gasteiger partial charge in [0.25, 0.3) is 0 Å². The molecule has 2 aromatic carbocycles. The van der Waals surface area contributed by atoms with E-state index in [2.05, 4.69) is 4.90 Å². The molecule has 0 radical (unpaired) electrons. The molecule has 1 aliphatic heterocycles. The fourth-order valence-electron chi connectivity index (χ4n) is 2.57. The number of fused-ring (bicyclic) bond motifs is 1. The molecule has 0 bridgehead atoms. The lowest BCUT2D eigenvalue weighted by Gasteiger charge is -2.36. The molecule has 1 aliphatic rings. The van der Waals surface area contributed by atoms with Crippen LogP contribution >= 0.6 is 0 Å². The van der Waals surface area contributed by atoms with Crippen molar-refractivity contribution < 1.29 is 13.9 Å². The molecule has 0 amide bonds. The van der Waals surface area contributed by atoms with Crippen molar-refractivity contribution in [1.82, 2.24) is 0 Å². The van der Waals surface area contributed by atoms with E-state index in [1.807, 2.05) is 25.1 Å². The molecular weight excluding hydrogens is 283 g/mol. The Morgan fingerprint density at radius 3 is 2.77 bits per heavy atom. The minimum Gasteiger partial charge on any atom is -0.484 e. The summed E-state index contributed by atoms with van der Waals surface area (Å²) in [6.45, 7) is 3.74. The standard InChI is InChI=1S/C17H19FN2O2/c1-2-21-11-15-10-20(14-6-3-12(18)4-7-14)16-9-13(19)5-8-17(16)22-15/h3-9,15H,2,10-11,19H2,1H3. The summed E-state index contributed by atoms with van der Waals surface area (Å²) in [6.07, 6.45) is -0.0823. The Labute approximate surface area is 129 Å². The number of hydrogen-bond donors (Lipinski definition) is 1. The summed E-state index contributed by atoms with van der Waals surface area (Å²) >= 11 is 0. The van der Waals surface area contributed by atoms with Crippen molar-refractivity contribution in [2.24, 2.45) is 0 Å². The molecule has 5 heteroatoms. The van der Waals surface area contributed by atoms with Crippen LogP contribution in [0.15, 0.2) is 42.5 Å². The topological polar surface area (TPSA) is 47.7 Å². The normalized spacial score (nSPS) is 17.0. The van der Waals surface area contributed by atoms with E-state index in [9.17, 15) is 4.39 Å². The highest BCUT2D eigenvalue weighted by atomic mass is 19.1. The van der Waals surface area contributed by atoms with Gasteiger partial charge in [-0.2, -0.15) is 0 Å². The maximum atomic E-state index is 13.2. The van der Waals surface area contributed by atoms with Crippen LogP contribution in [0.25, 0.3) is 0 Å². The number of rotatable bonds is 4. The number of anilines is 3. The van der Waals surface area contributed by atoms with Gasteiger partial charge in [-0.15, -0.1) is 0 Å². The number of halogens is 1. The molecule has 0 saturated heterocycles. The van der Waals surface area contributed by atoms with E-state index in [-0.39, 0.29) is 11.9 Å². The van der Waals surface area contributed by atoms with Crippen LogP contribution in [0.5, 0.6) is 5.75 Å². The zero-order valence-electron chi connectivity index (χ0n) is 12.5. The monoisotopic (exact) mass is 302 g/mol. The maximum absolute atomic E-state index is 13.2. The predicted molar refractivity (Wildman–Crippen MR) is 85.2 cm³/mol. The van der Waals surface area contributed by atoms with Crippen molar-refractivity contribution in [3.8, 4) is 5.75 Å². The highest BCUT2D eigenvalue weighted by Crippen LogP contribution is 2.39. The highest BCUT2D eigenvalue weighted by Gasteiger charge is 2.27. The Hall–Kier alpha value is -2.27. The second-order valence-electron chi connectivity index (χ2n) is 5.21. The average molecular weight is 302 g/mol. The van der Waals surface area contributed by atoms with Crippen LogP contribution in [-0.2, 0) is 4.74 Å². The lowest BCUT2D eigenvalue weighted by atomic mass is 10.1. The summed E-state index contributed by atoms with van der Waals surface area (Å²) < 4.78 is 24.6. The summed E-state index contributed by atoms with van der Waals surface area (Å²) in [5, 5.41) is 0. The second kappa shape index (κ2) is 6.23. The second-order valence-corrected chi connectivity index (χ2v) is 5.21. The Morgan fingerprint density at radius 2 is 2.05 bits per heavy atom. The van der Waals surface area contributed by atoms with Crippen molar-refractivity contribution in [3.05, 3.63) is 48.3 Å². The minimum absolute atomic E-state index is 0.0823. The molecule has 1 unspecified atom stereocenters. The minimum atomic E-state index is -0.254. The molecule has 1 heterocycles. The highest BCUT2D eigenvalue weighted by molar-refractivity contribution is 5.73. The van der Waals surface area contributed by atoms with Gasteiger partial charge in [-0.3, -0.25) is 0 Å². The molecule has 22 heavy (non-hydrogen) atoms. The van der Waals surface area contributed by atoms with Gasteiger partial charge in [0.15, 0.2) is 0 Å². The van der Waals surface area contributed by atoms with Crippen LogP contribution in [0.1, 0.15) is 6.92 Å². The molecule has 0 spiro atoms. The third kappa shape index (κ3) is 2.99. The van der Waals surface area contributed by atoms with Crippen molar-refractivity contribution >= 4 is 17.1 Å². The van der Waals surface area contributed by atoms with Gasteiger partial charge in [-0.05, 0) is 49.4 Å². The molecule has 0 aromatic heterocycles. The SMILES string of the molecule is CCOCC1CN(c2ccc(F)cc2)c2cc(N)ccc2O1. The largest absolute Gasteiger partial charge is 0.484 e. The van der Waals surface area contributed by atoms with Gasteiger partial charge < -0.3 is 20.1 Å². The van der Waals surface area contributed by atoms with Crippen LogP contribution in [0.3, 0.4) is 0 Å². The third-order valence-electron chi connectivity index (χ3n) is 3.60. The first-order valence-corrected chi connectivity index (χ1v) is 7.34. The van der Waals surface area contributed by atoms with Crippen LogP contribution in [-0.4, -0.2) is 25.9 Å². The molecule has 3 rings (SSSR count). The van der Waals surface area contributed by atoms with E-state index in [4.69, 9.17) is 15.2 Å². The van der Waals surface area contributed by atoms with E-state index < -0.39 is 0 Å². The Balaban J connectivity index is 1.95. The first kappa shape index (κ1) is 14.7. The van der Waals surface area contributed by atoms with E-state index >= 15 is 0 Å². The van der Waals surface area contributed by atoms with E-state index in [1.165, 1.54) is 12.1 Å². The number of benzene rings is 2. The van der Waals surface area contributed by atoms with Gasteiger partial charge in [-0.1, -0.05) is 0 Å². The van der Waals surface area contributed by atoms with Crippen molar-refractivity contribution in [2.75, 3.05) is 30.4 Å². The quantitative estimate of drug-likeness (QED) is 0.880. The van der Waals surface area contributed by atoms with Gasteiger partial charge in [0.05, 0.1) is 18.8 Å². The van der Waals surface area contributed by atoms with Crippen LogP contribution in [0, 0.1) is 5.82 Å². The Morgan fingerprint density at radius 1 is 1.27 bits per heavy atom. The lowest BCUT2D eigenvalue weighted by molar-refractivity contribution is 0.0569. The third-order valence-corrected chi connectivity index (χ3v) is 3.60. The molecular formula is C17H19FN2O2. The van der Waals surface area contributed by atoms with E-state index in [0.29, 0.717) is 25.4 Å². The molecule has 2 N–H and O–H groups in total. The number of nitrogens with two attached hydrogens (primary N) is 1. The Kier molecular flexibility index (Phi) is 4.15. The van der Waals surface area contributed by atoms with Gasteiger partial charge in [0.2, 0.25) is 0 Å². The number of nitrogen functional groups attached to an aromatic ring is 1. The number of hydrogen-bond acceptors (Lipinski definition) is 4. The summed E-state index contributed by atoms with van der Waals surface area (Å²) in [4.78, 5) is 2.08.